The van der Waals surface area contributed by atoms with Crippen molar-refractivity contribution in [1.29, 1.82) is 0 Å². The van der Waals surface area contributed by atoms with Crippen molar-refractivity contribution in [2.75, 3.05) is 0 Å². The van der Waals surface area contributed by atoms with Crippen molar-refractivity contribution in [3.05, 3.63) is 29.8 Å². The van der Waals surface area contributed by atoms with Crippen LogP contribution in [-0.4, -0.2) is 12.1 Å². The Bertz CT molecular complexity index is 379. The maximum Gasteiger partial charge on any atom is 0.120 e. The van der Waals surface area contributed by atoms with Gasteiger partial charge >= 0.3 is 0 Å². The van der Waals surface area contributed by atoms with E-state index in [1.54, 1.807) is 0 Å². The van der Waals surface area contributed by atoms with E-state index < -0.39 is 0 Å². The molecule has 1 aromatic rings. The molecular weight excluding hydrogens is 210 g/mol. The van der Waals surface area contributed by atoms with Gasteiger partial charge in [-0.1, -0.05) is 12.1 Å². The first-order valence-corrected chi connectivity index (χ1v) is 6.04. The van der Waals surface area contributed by atoms with Crippen LogP contribution in [0.15, 0.2) is 24.3 Å². The molecule has 0 heterocycles. The molecule has 0 aromatic heterocycles. The van der Waals surface area contributed by atoms with E-state index in [0.29, 0.717) is 6.04 Å². The van der Waals surface area contributed by atoms with Gasteiger partial charge in [-0.2, -0.15) is 0 Å². The lowest BCUT2D eigenvalue weighted by Crippen LogP contribution is -2.24. The second kappa shape index (κ2) is 6.98. The second-order valence-electron chi connectivity index (χ2n) is 4.50. The lowest BCUT2D eigenvalue weighted by atomic mass is 10.2. The van der Waals surface area contributed by atoms with Gasteiger partial charge in [0.15, 0.2) is 0 Å². The lowest BCUT2D eigenvalue weighted by molar-refractivity contribution is 0.242. The van der Waals surface area contributed by atoms with Crippen LogP contribution in [0, 0.1) is 12.3 Å². The molecule has 0 aliphatic heterocycles. The molecule has 0 saturated carbocycles. The highest BCUT2D eigenvalue weighted by Gasteiger charge is 2.02. The minimum atomic E-state index is 0.207. The zero-order valence-electron chi connectivity index (χ0n) is 10.9. The van der Waals surface area contributed by atoms with E-state index in [0.717, 1.165) is 18.7 Å². The van der Waals surface area contributed by atoms with Gasteiger partial charge in [0.1, 0.15) is 5.75 Å². The van der Waals surface area contributed by atoms with Crippen LogP contribution in [0.25, 0.3) is 0 Å². The van der Waals surface area contributed by atoms with Gasteiger partial charge in [0.2, 0.25) is 0 Å². The van der Waals surface area contributed by atoms with Gasteiger partial charge in [-0.3, -0.25) is 0 Å². The van der Waals surface area contributed by atoms with Gasteiger partial charge in [0, 0.05) is 19.0 Å². The molecule has 2 nitrogen and oxygen atoms in total. The summed E-state index contributed by atoms with van der Waals surface area (Å²) in [5, 5.41) is 3.38. The summed E-state index contributed by atoms with van der Waals surface area (Å²) >= 11 is 0. The molecule has 0 aliphatic carbocycles. The Labute approximate surface area is 104 Å². The van der Waals surface area contributed by atoms with Crippen molar-refractivity contribution < 1.29 is 4.74 Å². The topological polar surface area (TPSA) is 21.3 Å². The monoisotopic (exact) mass is 231 g/mol. The van der Waals surface area contributed by atoms with Crippen molar-refractivity contribution >= 4 is 0 Å². The van der Waals surface area contributed by atoms with E-state index in [-0.39, 0.29) is 6.10 Å². The average molecular weight is 231 g/mol. The molecule has 2 heteroatoms. The molecule has 1 rings (SSSR count). The predicted octanol–water partition coefficient (Wildman–Crippen LogP) is 2.98. The van der Waals surface area contributed by atoms with Gasteiger partial charge < -0.3 is 10.1 Å². The molecule has 0 fully saturated rings. The molecule has 1 unspecified atom stereocenters. The van der Waals surface area contributed by atoms with Crippen LogP contribution in [0.1, 0.15) is 32.8 Å². The summed E-state index contributed by atoms with van der Waals surface area (Å²) in [7, 11) is 0. The number of ether oxygens (including phenoxy) is 1. The minimum Gasteiger partial charge on any atom is -0.491 e. The number of hydrogen-bond donors (Lipinski definition) is 1. The van der Waals surface area contributed by atoms with Crippen LogP contribution in [-0.2, 0) is 6.54 Å². The van der Waals surface area contributed by atoms with Crippen LogP contribution in [0.4, 0.5) is 0 Å². The minimum absolute atomic E-state index is 0.207. The summed E-state index contributed by atoms with van der Waals surface area (Å²) in [6.07, 6.45) is 6.23. The highest BCUT2D eigenvalue weighted by molar-refractivity contribution is 5.28. The van der Waals surface area contributed by atoms with E-state index in [1.807, 2.05) is 26.0 Å². The first kappa shape index (κ1) is 13.6. The summed E-state index contributed by atoms with van der Waals surface area (Å²) in [6.45, 7) is 6.96. The van der Waals surface area contributed by atoms with Crippen molar-refractivity contribution in [1.82, 2.24) is 5.32 Å². The summed E-state index contributed by atoms with van der Waals surface area (Å²) in [5.41, 5.74) is 1.21. The number of rotatable bonds is 6. The molecule has 0 spiro atoms. The number of hydrogen-bond acceptors (Lipinski definition) is 2. The number of nitrogens with one attached hydrogen (secondary N) is 1. The van der Waals surface area contributed by atoms with Crippen LogP contribution < -0.4 is 10.1 Å². The fraction of sp³-hybridized carbons (Fsp3) is 0.467. The molecule has 0 saturated heterocycles. The molecule has 1 atom stereocenters. The van der Waals surface area contributed by atoms with Crippen LogP contribution in [0.2, 0.25) is 0 Å². The summed E-state index contributed by atoms with van der Waals surface area (Å²) in [6, 6.07) is 8.49. The van der Waals surface area contributed by atoms with Gasteiger partial charge in [-0.05, 0) is 38.5 Å². The molecular formula is C15H21NO. The van der Waals surface area contributed by atoms with Crippen molar-refractivity contribution in [2.24, 2.45) is 0 Å². The molecule has 17 heavy (non-hydrogen) atoms. The quantitative estimate of drug-likeness (QED) is 0.760. The van der Waals surface area contributed by atoms with Crippen LogP contribution in [0.5, 0.6) is 5.75 Å². The highest BCUT2D eigenvalue weighted by Crippen LogP contribution is 2.14. The third-order valence-corrected chi connectivity index (χ3v) is 2.35. The van der Waals surface area contributed by atoms with Gasteiger partial charge in [-0.25, -0.2) is 0 Å². The van der Waals surface area contributed by atoms with Gasteiger partial charge in [0.25, 0.3) is 0 Å². The van der Waals surface area contributed by atoms with E-state index in [4.69, 9.17) is 11.2 Å². The molecule has 92 valence electrons. The van der Waals surface area contributed by atoms with Crippen molar-refractivity contribution in [3.8, 4) is 18.1 Å². The highest BCUT2D eigenvalue weighted by atomic mass is 16.5. The Balaban J connectivity index is 2.51. The van der Waals surface area contributed by atoms with Crippen LogP contribution in [0.3, 0.4) is 0 Å². The third-order valence-electron chi connectivity index (χ3n) is 2.35. The first-order chi connectivity index (χ1) is 8.11. The molecule has 0 amide bonds. The fourth-order valence-electron chi connectivity index (χ4n) is 1.54. The number of terminal acetylenes is 1. The fourth-order valence-corrected chi connectivity index (χ4v) is 1.54. The summed E-state index contributed by atoms with van der Waals surface area (Å²) in [5.74, 6) is 3.57. The Hall–Kier alpha value is -1.46. The summed E-state index contributed by atoms with van der Waals surface area (Å²) in [4.78, 5) is 0. The van der Waals surface area contributed by atoms with Crippen LogP contribution >= 0.6 is 0 Å². The van der Waals surface area contributed by atoms with E-state index in [1.165, 1.54) is 5.56 Å². The maximum absolute atomic E-state index is 5.65. The van der Waals surface area contributed by atoms with Gasteiger partial charge in [-0.15, -0.1) is 12.3 Å². The second-order valence-corrected chi connectivity index (χ2v) is 4.50. The Kier molecular flexibility index (Phi) is 5.59. The normalized spacial score (nSPS) is 12.2. The number of benzene rings is 1. The first-order valence-electron chi connectivity index (χ1n) is 6.04. The van der Waals surface area contributed by atoms with Crippen molar-refractivity contribution in [2.45, 2.75) is 45.9 Å². The van der Waals surface area contributed by atoms with Gasteiger partial charge in [0.05, 0.1) is 6.10 Å². The predicted molar refractivity (Wildman–Crippen MR) is 72.0 cm³/mol. The molecule has 0 radical (unpaired) electrons. The molecule has 0 bridgehead atoms. The third kappa shape index (κ3) is 5.42. The largest absolute Gasteiger partial charge is 0.491 e. The molecule has 1 aromatic carbocycles. The zero-order chi connectivity index (χ0) is 12.7. The Morgan fingerprint density at radius 2 is 2.12 bits per heavy atom. The Morgan fingerprint density at radius 1 is 1.35 bits per heavy atom. The van der Waals surface area contributed by atoms with E-state index in [2.05, 4.69) is 30.3 Å². The van der Waals surface area contributed by atoms with E-state index in [9.17, 15) is 0 Å². The molecule has 0 aliphatic rings. The average Bonchev–Trinajstić information content (AvgIpc) is 2.26. The smallest absolute Gasteiger partial charge is 0.120 e. The molecule has 1 N–H and O–H groups in total. The SMILES string of the molecule is C#CCC(C)NCc1cccc(OC(C)C)c1. The van der Waals surface area contributed by atoms with Crippen molar-refractivity contribution in [3.63, 3.8) is 0 Å². The zero-order valence-corrected chi connectivity index (χ0v) is 10.9. The Morgan fingerprint density at radius 3 is 2.76 bits per heavy atom. The summed E-state index contributed by atoms with van der Waals surface area (Å²) < 4.78 is 5.65. The standard InChI is InChI=1S/C15H21NO/c1-5-7-13(4)16-11-14-8-6-9-15(10-14)17-12(2)3/h1,6,8-10,12-13,16H,7,11H2,2-4H3. The van der Waals surface area contributed by atoms with E-state index >= 15 is 0 Å². The lowest BCUT2D eigenvalue weighted by Gasteiger charge is -2.13. The maximum atomic E-state index is 5.65.